The predicted molar refractivity (Wildman–Crippen MR) is 33.8 cm³/mol. The fourth-order valence-corrected chi connectivity index (χ4v) is 0. The first-order chi connectivity index (χ1) is 1.73. The van der Waals surface area contributed by atoms with Crippen molar-refractivity contribution < 1.29 is 5.48 Å². The van der Waals surface area contributed by atoms with E-state index < -0.39 is 0 Å². The Kier molecular flexibility index (Phi) is 24.8. The van der Waals surface area contributed by atoms with Crippen LogP contribution in [0.2, 0.25) is 0 Å². The van der Waals surface area contributed by atoms with Gasteiger partial charge in [0.2, 0.25) is 0 Å². The number of hydrogen-bond acceptors (Lipinski definition) is 1. The SMILES string of the molecule is C[PH+](C)C.[Mg].[OH-]. The molecule has 0 heterocycles. The smallest absolute Gasteiger partial charge is 0.0461 e. The Bertz CT molecular complexity index is 15.5. The lowest BCUT2D eigenvalue weighted by molar-refractivity contribution is 0.824. The maximum absolute atomic E-state index is 2.27. The summed E-state index contributed by atoms with van der Waals surface area (Å²) in [5.74, 6) is 0. The molecule has 0 atom stereocenters. The van der Waals surface area contributed by atoms with Crippen molar-refractivity contribution in [2.24, 2.45) is 0 Å². The molecule has 0 fully saturated rings. The summed E-state index contributed by atoms with van der Waals surface area (Å²) < 4.78 is 0. The maximum atomic E-state index is 2.27. The molecule has 0 aromatic heterocycles. The zero-order chi connectivity index (χ0) is 3.58. The molecule has 0 aliphatic rings. The average Bonchev–Trinajstić information content (AvgIpc) is 0.811. The Morgan fingerprint density at radius 1 is 1.00 bits per heavy atom. The van der Waals surface area contributed by atoms with E-state index in [9.17, 15) is 0 Å². The molecule has 0 saturated carbocycles. The molecular weight excluding hydrogens is 107 g/mol. The lowest BCUT2D eigenvalue weighted by Gasteiger charge is -1.71. The summed E-state index contributed by atoms with van der Waals surface area (Å²) in [5, 5.41) is 0. The molecule has 0 aromatic rings. The van der Waals surface area contributed by atoms with Crippen molar-refractivity contribution in [2.45, 2.75) is 0 Å². The number of hydrogen-bond donors (Lipinski definition) is 0. The van der Waals surface area contributed by atoms with E-state index in [0.29, 0.717) is 0 Å². The fraction of sp³-hybridized carbons (Fsp3) is 1.00. The van der Waals surface area contributed by atoms with E-state index in [1.54, 1.807) is 0 Å². The Hall–Kier alpha value is 1.16. The predicted octanol–water partition coefficient (Wildman–Crippen LogP) is 0.532. The van der Waals surface area contributed by atoms with Gasteiger partial charge in [0.25, 0.3) is 0 Å². The first-order valence-electron chi connectivity index (χ1n) is 1.50. The van der Waals surface area contributed by atoms with E-state index >= 15 is 0 Å². The average molecular weight is 118 g/mol. The van der Waals surface area contributed by atoms with Gasteiger partial charge in [0.15, 0.2) is 0 Å². The number of rotatable bonds is 0. The lowest BCUT2D eigenvalue weighted by Crippen LogP contribution is -1.48. The van der Waals surface area contributed by atoms with Crippen LogP contribution in [0.15, 0.2) is 0 Å². The molecule has 0 amide bonds. The molecule has 0 bridgehead atoms. The molecule has 1 nitrogen and oxygen atoms in total. The maximum Gasteiger partial charge on any atom is 0.0461 e. The standard InChI is InChI=1S/C3H9P.Mg.H2O/c1-4(2)3;;/h1-3H3;;1H2. The van der Waals surface area contributed by atoms with Crippen molar-refractivity contribution in [1.82, 2.24) is 0 Å². The van der Waals surface area contributed by atoms with Crippen LogP contribution in [-0.4, -0.2) is 48.5 Å². The van der Waals surface area contributed by atoms with Gasteiger partial charge in [-0.3, -0.25) is 0 Å². The van der Waals surface area contributed by atoms with Crippen LogP contribution in [0, 0.1) is 0 Å². The third-order valence-corrected chi connectivity index (χ3v) is 0. The second-order valence-electron chi connectivity index (χ2n) is 1.50. The van der Waals surface area contributed by atoms with Gasteiger partial charge in [-0.25, -0.2) is 0 Å². The molecule has 0 aromatic carbocycles. The molecule has 2 radical (unpaired) electrons. The molecule has 0 unspecified atom stereocenters. The van der Waals surface area contributed by atoms with Gasteiger partial charge in [0.05, 0.1) is 0 Å². The Morgan fingerprint density at radius 2 is 1.00 bits per heavy atom. The zero-order valence-electron chi connectivity index (χ0n) is 4.65. The second kappa shape index (κ2) is 9.48. The highest BCUT2D eigenvalue weighted by Crippen LogP contribution is 2.14. The first kappa shape index (κ1) is 15.7. The van der Waals surface area contributed by atoms with Gasteiger partial charge in [0, 0.05) is 43.0 Å². The molecule has 0 saturated heterocycles. The molecular formula is C3H11MgOP. The molecule has 3 heteroatoms. The lowest BCUT2D eigenvalue weighted by atomic mass is 11.9. The molecule has 6 heavy (non-hydrogen) atoms. The van der Waals surface area contributed by atoms with E-state index in [1.165, 1.54) is 0 Å². The summed E-state index contributed by atoms with van der Waals surface area (Å²) >= 11 is 0. The minimum absolute atomic E-state index is 0. The van der Waals surface area contributed by atoms with Gasteiger partial charge in [-0.1, -0.05) is 0 Å². The summed E-state index contributed by atoms with van der Waals surface area (Å²) in [6.07, 6.45) is 0. The van der Waals surface area contributed by atoms with Gasteiger partial charge < -0.3 is 5.48 Å². The van der Waals surface area contributed by atoms with Crippen LogP contribution < -0.4 is 0 Å². The summed E-state index contributed by atoms with van der Waals surface area (Å²) in [6.45, 7) is 6.81. The largest absolute Gasteiger partial charge is 0.870 e. The summed E-state index contributed by atoms with van der Waals surface area (Å²) in [6, 6.07) is 0. The third-order valence-electron chi connectivity index (χ3n) is 0. The summed E-state index contributed by atoms with van der Waals surface area (Å²) in [5.41, 5.74) is 0. The van der Waals surface area contributed by atoms with Gasteiger partial charge in [-0.2, -0.15) is 0 Å². The second-order valence-corrected chi connectivity index (χ2v) is 4.50. The third kappa shape index (κ3) is 66.6. The van der Waals surface area contributed by atoms with Crippen LogP contribution in [0.5, 0.6) is 0 Å². The van der Waals surface area contributed by atoms with Crippen molar-refractivity contribution in [1.29, 1.82) is 0 Å². The van der Waals surface area contributed by atoms with Crippen molar-refractivity contribution >= 4 is 31.0 Å². The van der Waals surface area contributed by atoms with Gasteiger partial charge in [-0.15, -0.1) is 0 Å². The minimum Gasteiger partial charge on any atom is -0.870 e. The van der Waals surface area contributed by atoms with Crippen LogP contribution in [-0.2, 0) is 0 Å². The molecule has 0 aliphatic carbocycles. The van der Waals surface area contributed by atoms with Gasteiger partial charge in [0.1, 0.15) is 0 Å². The Balaban J connectivity index is -0.0000000450. The normalized spacial score (nSPS) is 6.00. The molecule has 0 aliphatic heterocycles. The van der Waals surface area contributed by atoms with Gasteiger partial charge >= 0.3 is 0 Å². The quantitative estimate of drug-likeness (QED) is 0.337. The summed E-state index contributed by atoms with van der Waals surface area (Å²) in [4.78, 5) is 0. The molecule has 36 valence electrons. The highest BCUT2D eigenvalue weighted by molar-refractivity contribution is 7.55. The van der Waals surface area contributed by atoms with Crippen LogP contribution in [0.25, 0.3) is 0 Å². The molecule has 0 spiro atoms. The monoisotopic (exact) mass is 118 g/mol. The molecule has 0 rings (SSSR count). The van der Waals surface area contributed by atoms with Crippen molar-refractivity contribution in [3.05, 3.63) is 0 Å². The van der Waals surface area contributed by atoms with E-state index in [4.69, 9.17) is 0 Å². The Labute approximate surface area is 56.7 Å². The van der Waals surface area contributed by atoms with Crippen molar-refractivity contribution in [3.8, 4) is 0 Å². The van der Waals surface area contributed by atoms with Crippen LogP contribution >= 0.6 is 7.92 Å². The van der Waals surface area contributed by atoms with Crippen LogP contribution in [0.4, 0.5) is 0 Å². The zero-order valence-corrected chi connectivity index (χ0v) is 7.07. The van der Waals surface area contributed by atoms with Crippen molar-refractivity contribution in [3.63, 3.8) is 0 Å². The van der Waals surface area contributed by atoms with E-state index in [0.717, 1.165) is 0 Å². The van der Waals surface area contributed by atoms with E-state index in [2.05, 4.69) is 20.0 Å². The van der Waals surface area contributed by atoms with Crippen LogP contribution in [0.3, 0.4) is 0 Å². The van der Waals surface area contributed by atoms with Crippen molar-refractivity contribution in [2.75, 3.05) is 20.0 Å². The molecule has 1 N–H and O–H groups in total. The van der Waals surface area contributed by atoms with E-state index in [1.807, 2.05) is 0 Å². The first-order valence-corrected chi connectivity index (χ1v) is 4.50. The fourth-order valence-electron chi connectivity index (χ4n) is 0. The van der Waals surface area contributed by atoms with Gasteiger partial charge in [-0.05, 0) is 7.92 Å². The summed E-state index contributed by atoms with van der Waals surface area (Å²) in [7, 11) is 0.120. The minimum atomic E-state index is 0. The Morgan fingerprint density at radius 3 is 1.00 bits per heavy atom. The van der Waals surface area contributed by atoms with Crippen LogP contribution in [0.1, 0.15) is 0 Å². The highest BCUT2D eigenvalue weighted by Gasteiger charge is 1.75. The topological polar surface area (TPSA) is 30.0 Å². The highest BCUT2D eigenvalue weighted by atomic mass is 31.1. The van der Waals surface area contributed by atoms with E-state index in [-0.39, 0.29) is 36.5 Å².